The highest BCUT2D eigenvalue weighted by Gasteiger charge is 2.46. The monoisotopic (exact) mass is 282 g/mol. The van der Waals surface area contributed by atoms with E-state index >= 15 is 0 Å². The summed E-state index contributed by atoms with van der Waals surface area (Å²) in [5.74, 6) is -2.30. The molecule has 1 aliphatic heterocycles. The average Bonchev–Trinajstić information content (AvgIpc) is 3.23. The predicted octanol–water partition coefficient (Wildman–Crippen LogP) is 1.43. The van der Waals surface area contributed by atoms with Crippen molar-refractivity contribution in [1.29, 1.82) is 0 Å². The number of hydrogen-bond acceptors (Lipinski definition) is 3. The van der Waals surface area contributed by atoms with Crippen LogP contribution < -0.4 is 5.43 Å². The lowest BCUT2D eigenvalue weighted by atomic mass is 10.1. The van der Waals surface area contributed by atoms with Crippen molar-refractivity contribution >= 4 is 5.91 Å². The van der Waals surface area contributed by atoms with E-state index in [-0.39, 0.29) is 17.7 Å². The van der Waals surface area contributed by atoms with E-state index in [1.165, 1.54) is 6.07 Å². The zero-order valence-electron chi connectivity index (χ0n) is 10.9. The number of nitrogens with zero attached hydrogens (tertiary/aromatic N) is 1. The molecule has 1 aromatic carbocycles. The fourth-order valence-electron chi connectivity index (χ4n) is 2.55. The van der Waals surface area contributed by atoms with Crippen LogP contribution in [-0.2, 0) is 9.53 Å². The van der Waals surface area contributed by atoms with Gasteiger partial charge < -0.3 is 4.74 Å². The lowest BCUT2D eigenvalue weighted by Crippen LogP contribution is -2.49. The predicted molar refractivity (Wildman–Crippen MR) is 67.7 cm³/mol. The lowest BCUT2D eigenvalue weighted by Gasteiger charge is -2.27. The third kappa shape index (κ3) is 2.66. The van der Waals surface area contributed by atoms with E-state index in [2.05, 4.69) is 5.43 Å². The Morgan fingerprint density at radius 2 is 2.05 bits per heavy atom. The minimum atomic E-state index is -0.860. The van der Waals surface area contributed by atoms with Crippen LogP contribution in [0.5, 0.6) is 0 Å². The molecule has 0 bridgehead atoms. The number of rotatable bonds is 3. The number of hydrogen-bond donors (Lipinski definition) is 1. The first-order chi connectivity index (χ1) is 9.66. The highest BCUT2D eigenvalue weighted by molar-refractivity contribution is 5.82. The van der Waals surface area contributed by atoms with Gasteiger partial charge >= 0.3 is 0 Å². The third-order valence-electron chi connectivity index (χ3n) is 3.79. The standard InChI is InChI=1S/C14H16F2N2O2/c15-12-3-1-2-9(13(12)16)10-8-11(10)14(19)17-18-4-6-20-7-5-18/h1-3,10-11H,4-8H2,(H,17,19)/t10-,11-/m0/s1. The number of ether oxygens (including phenoxy) is 1. The van der Waals surface area contributed by atoms with Gasteiger partial charge in [-0.15, -0.1) is 0 Å². The minimum Gasteiger partial charge on any atom is -0.379 e. The molecule has 6 heteroatoms. The molecule has 2 aliphatic rings. The SMILES string of the molecule is O=C(NN1CCOCC1)[C@H]1C[C@H]1c1cccc(F)c1F. The molecule has 1 saturated heterocycles. The van der Waals surface area contributed by atoms with Crippen molar-refractivity contribution in [3.05, 3.63) is 35.4 Å². The second-order valence-electron chi connectivity index (χ2n) is 5.17. The van der Waals surface area contributed by atoms with Gasteiger partial charge in [0.1, 0.15) is 0 Å². The quantitative estimate of drug-likeness (QED) is 0.912. The molecule has 20 heavy (non-hydrogen) atoms. The van der Waals surface area contributed by atoms with Gasteiger partial charge in [0.2, 0.25) is 5.91 Å². The number of amides is 1. The van der Waals surface area contributed by atoms with E-state index < -0.39 is 11.6 Å². The van der Waals surface area contributed by atoms with Gasteiger partial charge in [-0.1, -0.05) is 12.1 Å². The van der Waals surface area contributed by atoms with Gasteiger partial charge in [-0.25, -0.2) is 13.8 Å². The van der Waals surface area contributed by atoms with Gasteiger partial charge in [-0.05, 0) is 24.0 Å². The van der Waals surface area contributed by atoms with Gasteiger partial charge in [0.25, 0.3) is 0 Å². The topological polar surface area (TPSA) is 41.6 Å². The summed E-state index contributed by atoms with van der Waals surface area (Å²) in [4.78, 5) is 12.0. The zero-order valence-corrected chi connectivity index (χ0v) is 10.9. The molecule has 0 radical (unpaired) electrons. The first-order valence-electron chi connectivity index (χ1n) is 6.74. The van der Waals surface area contributed by atoms with E-state index in [0.29, 0.717) is 38.3 Å². The van der Waals surface area contributed by atoms with Crippen molar-refractivity contribution in [2.24, 2.45) is 5.92 Å². The molecule has 1 aliphatic carbocycles. The third-order valence-corrected chi connectivity index (χ3v) is 3.79. The van der Waals surface area contributed by atoms with Gasteiger partial charge in [0.05, 0.1) is 13.2 Å². The maximum atomic E-state index is 13.7. The first kappa shape index (κ1) is 13.5. The molecular formula is C14H16F2N2O2. The Morgan fingerprint density at radius 3 is 2.80 bits per heavy atom. The Balaban J connectivity index is 1.60. The van der Waals surface area contributed by atoms with Crippen LogP contribution in [0.25, 0.3) is 0 Å². The van der Waals surface area contributed by atoms with E-state index in [9.17, 15) is 13.6 Å². The summed E-state index contributed by atoms with van der Waals surface area (Å²) in [7, 11) is 0. The Morgan fingerprint density at radius 1 is 1.30 bits per heavy atom. The number of carbonyl (C=O) groups is 1. The minimum absolute atomic E-state index is 0.124. The molecule has 1 heterocycles. The van der Waals surface area contributed by atoms with E-state index in [4.69, 9.17) is 4.74 Å². The summed E-state index contributed by atoms with van der Waals surface area (Å²) in [6, 6.07) is 4.11. The van der Waals surface area contributed by atoms with Gasteiger partial charge in [-0.2, -0.15) is 0 Å². The van der Waals surface area contributed by atoms with Crippen LogP contribution in [0.4, 0.5) is 8.78 Å². The summed E-state index contributed by atoms with van der Waals surface area (Å²) in [5.41, 5.74) is 3.11. The molecule has 1 saturated carbocycles. The molecule has 2 atom stereocenters. The fourth-order valence-corrected chi connectivity index (χ4v) is 2.55. The zero-order chi connectivity index (χ0) is 14.1. The highest BCUT2D eigenvalue weighted by atomic mass is 19.2. The second kappa shape index (κ2) is 5.46. The van der Waals surface area contributed by atoms with Crippen molar-refractivity contribution in [3.63, 3.8) is 0 Å². The van der Waals surface area contributed by atoms with Crippen molar-refractivity contribution in [2.45, 2.75) is 12.3 Å². The molecule has 0 unspecified atom stereocenters. The van der Waals surface area contributed by atoms with Crippen LogP contribution in [0.15, 0.2) is 18.2 Å². The maximum Gasteiger partial charge on any atom is 0.238 e. The smallest absolute Gasteiger partial charge is 0.238 e. The maximum absolute atomic E-state index is 13.7. The largest absolute Gasteiger partial charge is 0.379 e. The molecule has 1 amide bonds. The van der Waals surface area contributed by atoms with E-state index in [1.807, 2.05) is 5.01 Å². The Bertz CT molecular complexity index is 518. The summed E-state index contributed by atoms with van der Waals surface area (Å²) >= 11 is 0. The summed E-state index contributed by atoms with van der Waals surface area (Å²) in [6.45, 7) is 2.48. The number of halogens is 2. The average molecular weight is 282 g/mol. The van der Waals surface area contributed by atoms with Crippen molar-refractivity contribution < 1.29 is 18.3 Å². The van der Waals surface area contributed by atoms with Crippen LogP contribution in [0.3, 0.4) is 0 Å². The van der Waals surface area contributed by atoms with Gasteiger partial charge in [-0.3, -0.25) is 10.2 Å². The molecule has 3 rings (SSSR count). The summed E-state index contributed by atoms with van der Waals surface area (Å²) in [6.07, 6.45) is 0.566. The number of morpholine rings is 1. The Labute approximate surface area is 115 Å². The van der Waals surface area contributed by atoms with Crippen LogP contribution in [0, 0.1) is 17.6 Å². The van der Waals surface area contributed by atoms with Crippen LogP contribution in [0.2, 0.25) is 0 Å². The van der Waals surface area contributed by atoms with Gasteiger partial charge in [0, 0.05) is 19.0 Å². The number of carbonyl (C=O) groups excluding carboxylic acids is 1. The van der Waals surface area contributed by atoms with Crippen molar-refractivity contribution in [3.8, 4) is 0 Å². The first-order valence-corrected chi connectivity index (χ1v) is 6.74. The fraction of sp³-hybridized carbons (Fsp3) is 0.500. The molecule has 108 valence electrons. The molecule has 2 fully saturated rings. The second-order valence-corrected chi connectivity index (χ2v) is 5.17. The van der Waals surface area contributed by atoms with Crippen molar-refractivity contribution in [2.75, 3.05) is 26.3 Å². The molecule has 0 spiro atoms. The normalized spacial score (nSPS) is 26.3. The highest BCUT2D eigenvalue weighted by Crippen LogP contribution is 2.48. The Kier molecular flexibility index (Phi) is 3.67. The molecule has 1 aromatic rings. The van der Waals surface area contributed by atoms with E-state index in [0.717, 1.165) is 6.07 Å². The van der Waals surface area contributed by atoms with E-state index in [1.54, 1.807) is 6.07 Å². The number of benzene rings is 1. The summed E-state index contributed by atoms with van der Waals surface area (Å²) < 4.78 is 32.0. The number of hydrazine groups is 1. The molecule has 4 nitrogen and oxygen atoms in total. The Hall–Kier alpha value is -1.53. The van der Waals surface area contributed by atoms with Crippen LogP contribution in [-0.4, -0.2) is 37.2 Å². The van der Waals surface area contributed by atoms with Gasteiger partial charge in [0.15, 0.2) is 11.6 Å². The van der Waals surface area contributed by atoms with Crippen LogP contribution in [0.1, 0.15) is 17.9 Å². The number of nitrogens with one attached hydrogen (secondary N) is 1. The van der Waals surface area contributed by atoms with Crippen LogP contribution >= 0.6 is 0 Å². The van der Waals surface area contributed by atoms with Crippen molar-refractivity contribution in [1.82, 2.24) is 10.4 Å². The molecular weight excluding hydrogens is 266 g/mol. The summed E-state index contributed by atoms with van der Waals surface area (Å²) in [5, 5.41) is 1.81. The molecule has 0 aromatic heterocycles. The lowest BCUT2D eigenvalue weighted by molar-refractivity contribution is -0.129. The molecule has 1 N–H and O–H groups in total.